The van der Waals surface area contributed by atoms with Crippen molar-refractivity contribution in [1.29, 1.82) is 0 Å². The molecule has 1 atom stereocenters. The highest BCUT2D eigenvalue weighted by Gasteiger charge is 2.10. The molecule has 0 saturated carbocycles. The SMILES string of the molecule is Cc1noc([C@H](C)CO)n1. The standard InChI is InChI=1S/C6H10N2O2/c1-4(3-9)6-7-5(2)8-10-6/h4,9H,3H2,1-2H3/t4-/m1/s1. The molecule has 4 heteroatoms. The van der Waals surface area contributed by atoms with Gasteiger partial charge in [-0.2, -0.15) is 4.98 Å². The van der Waals surface area contributed by atoms with Gasteiger partial charge in [0, 0.05) is 0 Å². The minimum atomic E-state index is -0.0544. The zero-order valence-corrected chi connectivity index (χ0v) is 6.03. The summed E-state index contributed by atoms with van der Waals surface area (Å²) in [6, 6.07) is 0. The summed E-state index contributed by atoms with van der Waals surface area (Å²) in [4.78, 5) is 3.94. The van der Waals surface area contributed by atoms with E-state index in [1.54, 1.807) is 6.92 Å². The topological polar surface area (TPSA) is 59.2 Å². The van der Waals surface area contributed by atoms with E-state index in [4.69, 9.17) is 9.63 Å². The Hall–Kier alpha value is -0.900. The van der Waals surface area contributed by atoms with Crippen LogP contribution in [0.3, 0.4) is 0 Å². The van der Waals surface area contributed by atoms with Gasteiger partial charge in [0.25, 0.3) is 0 Å². The monoisotopic (exact) mass is 142 g/mol. The lowest BCUT2D eigenvalue weighted by Gasteiger charge is -1.97. The van der Waals surface area contributed by atoms with Crippen LogP contribution in [-0.4, -0.2) is 21.9 Å². The molecule has 10 heavy (non-hydrogen) atoms. The molecule has 56 valence electrons. The van der Waals surface area contributed by atoms with Gasteiger partial charge >= 0.3 is 0 Å². The van der Waals surface area contributed by atoms with E-state index in [9.17, 15) is 0 Å². The molecule has 1 N–H and O–H groups in total. The first kappa shape index (κ1) is 7.21. The molecular weight excluding hydrogens is 132 g/mol. The Morgan fingerprint density at radius 2 is 2.40 bits per heavy atom. The van der Waals surface area contributed by atoms with Gasteiger partial charge in [-0.25, -0.2) is 0 Å². The van der Waals surface area contributed by atoms with Gasteiger partial charge in [0.15, 0.2) is 5.82 Å². The Bertz CT molecular complexity index is 209. The van der Waals surface area contributed by atoms with Crippen LogP contribution in [0.2, 0.25) is 0 Å². The van der Waals surface area contributed by atoms with Crippen LogP contribution in [0.25, 0.3) is 0 Å². The first-order chi connectivity index (χ1) is 4.74. The number of aryl methyl sites for hydroxylation is 1. The van der Waals surface area contributed by atoms with Gasteiger partial charge in [-0.3, -0.25) is 0 Å². The second-order valence-electron chi connectivity index (χ2n) is 2.26. The number of nitrogens with zero attached hydrogens (tertiary/aromatic N) is 2. The highest BCUT2D eigenvalue weighted by Crippen LogP contribution is 2.10. The Morgan fingerprint density at radius 1 is 1.70 bits per heavy atom. The third kappa shape index (κ3) is 1.33. The zero-order valence-electron chi connectivity index (χ0n) is 6.03. The summed E-state index contributed by atoms with van der Waals surface area (Å²) in [5, 5.41) is 12.3. The molecule has 0 bridgehead atoms. The number of rotatable bonds is 2. The fraction of sp³-hybridized carbons (Fsp3) is 0.667. The van der Waals surface area contributed by atoms with Crippen molar-refractivity contribution in [3.05, 3.63) is 11.7 Å². The van der Waals surface area contributed by atoms with E-state index in [-0.39, 0.29) is 12.5 Å². The van der Waals surface area contributed by atoms with Crippen molar-refractivity contribution in [2.45, 2.75) is 19.8 Å². The summed E-state index contributed by atoms with van der Waals surface area (Å²) in [5.41, 5.74) is 0. The minimum absolute atomic E-state index is 0.0433. The van der Waals surface area contributed by atoms with Crippen LogP contribution in [-0.2, 0) is 0 Å². The summed E-state index contributed by atoms with van der Waals surface area (Å²) >= 11 is 0. The van der Waals surface area contributed by atoms with Crippen LogP contribution in [0, 0.1) is 6.92 Å². The molecule has 0 aliphatic carbocycles. The second-order valence-corrected chi connectivity index (χ2v) is 2.26. The summed E-state index contributed by atoms with van der Waals surface area (Å²) in [7, 11) is 0. The van der Waals surface area contributed by atoms with E-state index >= 15 is 0 Å². The molecule has 0 radical (unpaired) electrons. The van der Waals surface area contributed by atoms with Gasteiger partial charge in [-0.1, -0.05) is 12.1 Å². The van der Waals surface area contributed by atoms with Crippen molar-refractivity contribution in [2.24, 2.45) is 0 Å². The maximum Gasteiger partial charge on any atom is 0.231 e. The normalized spacial score (nSPS) is 13.5. The summed E-state index contributed by atoms with van der Waals surface area (Å²) < 4.78 is 4.80. The van der Waals surface area contributed by atoms with Gasteiger partial charge in [0.1, 0.15) is 0 Å². The van der Waals surface area contributed by atoms with Crippen molar-refractivity contribution in [3.8, 4) is 0 Å². The molecule has 1 rings (SSSR count). The highest BCUT2D eigenvalue weighted by atomic mass is 16.5. The molecular formula is C6H10N2O2. The van der Waals surface area contributed by atoms with Gasteiger partial charge in [-0.15, -0.1) is 0 Å². The van der Waals surface area contributed by atoms with E-state index in [0.29, 0.717) is 11.7 Å². The molecule has 0 unspecified atom stereocenters. The summed E-state index contributed by atoms with van der Waals surface area (Å²) in [6.07, 6.45) is 0. The Kier molecular flexibility index (Phi) is 2.01. The van der Waals surface area contributed by atoms with Crippen LogP contribution < -0.4 is 0 Å². The predicted octanol–water partition coefficient (Wildman–Crippen LogP) is 0.474. The van der Waals surface area contributed by atoms with Gasteiger partial charge in [0.2, 0.25) is 5.89 Å². The molecule has 0 aromatic carbocycles. The van der Waals surface area contributed by atoms with Crippen molar-refractivity contribution in [1.82, 2.24) is 10.1 Å². The van der Waals surface area contributed by atoms with Crippen molar-refractivity contribution in [2.75, 3.05) is 6.61 Å². The van der Waals surface area contributed by atoms with E-state index < -0.39 is 0 Å². The van der Waals surface area contributed by atoms with Crippen molar-refractivity contribution < 1.29 is 9.63 Å². The average Bonchev–Trinajstić information content (AvgIpc) is 2.34. The number of aromatic nitrogens is 2. The Balaban J connectivity index is 2.74. The predicted molar refractivity (Wildman–Crippen MR) is 34.5 cm³/mol. The van der Waals surface area contributed by atoms with E-state index in [2.05, 4.69) is 10.1 Å². The lowest BCUT2D eigenvalue weighted by molar-refractivity contribution is 0.242. The van der Waals surface area contributed by atoms with Gasteiger partial charge in [-0.05, 0) is 6.92 Å². The quantitative estimate of drug-likeness (QED) is 0.652. The van der Waals surface area contributed by atoms with E-state index in [0.717, 1.165) is 0 Å². The maximum absolute atomic E-state index is 8.67. The molecule has 1 aromatic rings. The smallest absolute Gasteiger partial charge is 0.231 e. The minimum Gasteiger partial charge on any atom is -0.396 e. The Labute approximate surface area is 58.9 Å². The van der Waals surface area contributed by atoms with Crippen LogP contribution in [0.15, 0.2) is 4.52 Å². The molecule has 0 aliphatic heterocycles. The fourth-order valence-electron chi connectivity index (χ4n) is 0.591. The Morgan fingerprint density at radius 3 is 2.80 bits per heavy atom. The van der Waals surface area contributed by atoms with Crippen molar-refractivity contribution >= 4 is 0 Å². The number of aliphatic hydroxyl groups excluding tert-OH is 1. The molecule has 1 aromatic heterocycles. The first-order valence-corrected chi connectivity index (χ1v) is 3.15. The molecule has 4 nitrogen and oxygen atoms in total. The van der Waals surface area contributed by atoms with Crippen LogP contribution in [0.5, 0.6) is 0 Å². The fourth-order valence-corrected chi connectivity index (χ4v) is 0.591. The third-order valence-electron chi connectivity index (χ3n) is 1.24. The lowest BCUT2D eigenvalue weighted by Crippen LogP contribution is -1.98. The molecule has 0 spiro atoms. The third-order valence-corrected chi connectivity index (χ3v) is 1.24. The maximum atomic E-state index is 8.67. The molecule has 1 heterocycles. The van der Waals surface area contributed by atoms with Crippen molar-refractivity contribution in [3.63, 3.8) is 0 Å². The molecule has 0 aliphatic rings. The summed E-state index contributed by atoms with van der Waals surface area (Å²) in [5.74, 6) is 1.05. The van der Waals surface area contributed by atoms with Gasteiger partial charge < -0.3 is 9.63 Å². The van der Waals surface area contributed by atoms with Crippen LogP contribution in [0.1, 0.15) is 24.6 Å². The molecule has 0 fully saturated rings. The lowest BCUT2D eigenvalue weighted by atomic mass is 10.2. The largest absolute Gasteiger partial charge is 0.396 e. The number of hydrogen-bond donors (Lipinski definition) is 1. The molecule has 0 amide bonds. The molecule has 0 saturated heterocycles. The van der Waals surface area contributed by atoms with E-state index in [1.807, 2.05) is 6.92 Å². The zero-order chi connectivity index (χ0) is 7.56. The number of hydrogen-bond acceptors (Lipinski definition) is 4. The van der Waals surface area contributed by atoms with Crippen LogP contribution in [0.4, 0.5) is 0 Å². The second kappa shape index (κ2) is 2.79. The highest BCUT2D eigenvalue weighted by molar-refractivity contribution is 4.89. The van der Waals surface area contributed by atoms with Crippen LogP contribution >= 0.6 is 0 Å². The summed E-state index contributed by atoms with van der Waals surface area (Å²) in [6.45, 7) is 3.62. The van der Waals surface area contributed by atoms with Gasteiger partial charge in [0.05, 0.1) is 12.5 Å². The average molecular weight is 142 g/mol. The first-order valence-electron chi connectivity index (χ1n) is 3.15. The number of aliphatic hydroxyl groups is 1. The van der Waals surface area contributed by atoms with E-state index in [1.165, 1.54) is 0 Å².